The van der Waals surface area contributed by atoms with E-state index >= 15 is 0 Å². The van der Waals surface area contributed by atoms with E-state index in [4.69, 9.17) is 4.74 Å². The minimum Gasteiger partial charge on any atom is -0.497 e. The molecule has 134 valence electrons. The van der Waals surface area contributed by atoms with E-state index in [1.165, 1.54) is 29.7 Å². The molecule has 0 radical (unpaired) electrons. The molecule has 2 aromatic carbocycles. The van der Waals surface area contributed by atoms with Crippen LogP contribution >= 0.6 is 11.3 Å². The summed E-state index contributed by atoms with van der Waals surface area (Å²) in [4.78, 5) is 4.42. The monoisotopic (exact) mass is 377 g/mol. The Labute approximate surface area is 152 Å². The quantitative estimate of drug-likeness (QED) is 0.486. The number of rotatable bonds is 5. The summed E-state index contributed by atoms with van der Waals surface area (Å²) < 4.78 is 42.8. The van der Waals surface area contributed by atoms with Crippen LogP contribution in [-0.4, -0.2) is 18.3 Å². The highest BCUT2D eigenvalue weighted by molar-refractivity contribution is 7.14. The van der Waals surface area contributed by atoms with Gasteiger partial charge in [0.2, 0.25) is 5.13 Å². The molecule has 4 nitrogen and oxygen atoms in total. The van der Waals surface area contributed by atoms with Gasteiger partial charge in [-0.15, -0.1) is 11.3 Å². The highest BCUT2D eigenvalue weighted by atomic mass is 32.1. The Hall–Kier alpha value is -2.87. The number of hydrazone groups is 1. The maximum atomic E-state index is 12.5. The predicted molar refractivity (Wildman–Crippen MR) is 96.8 cm³/mol. The van der Waals surface area contributed by atoms with Gasteiger partial charge in [-0.1, -0.05) is 24.3 Å². The van der Waals surface area contributed by atoms with Crippen LogP contribution < -0.4 is 10.2 Å². The number of nitrogens with one attached hydrogen (secondary N) is 1. The standard InChI is InChI=1S/C18H14F3N3OS/c1-25-15-4-2-3-13(9-15)16-11-26-17(23-16)24-22-10-12-5-7-14(8-6-12)18(19,20)21/h2-11H,1H3,(H,23,24)/b22-10-. The molecule has 0 amide bonds. The number of anilines is 1. The summed E-state index contributed by atoms with van der Waals surface area (Å²) in [7, 11) is 1.60. The molecular formula is C18H14F3N3OS. The van der Waals surface area contributed by atoms with Crippen LogP contribution in [0.2, 0.25) is 0 Å². The average Bonchev–Trinajstić information content (AvgIpc) is 3.10. The first-order chi connectivity index (χ1) is 12.5. The number of hydrogen-bond donors (Lipinski definition) is 1. The van der Waals surface area contributed by atoms with Crippen molar-refractivity contribution in [3.05, 3.63) is 65.0 Å². The number of nitrogens with zero attached hydrogens (tertiary/aromatic N) is 2. The summed E-state index contributed by atoms with van der Waals surface area (Å²) in [5.74, 6) is 0.741. The van der Waals surface area contributed by atoms with E-state index in [0.717, 1.165) is 29.1 Å². The van der Waals surface area contributed by atoms with Crippen molar-refractivity contribution in [2.75, 3.05) is 12.5 Å². The molecule has 0 spiro atoms. The number of aromatic nitrogens is 1. The third-order valence-electron chi connectivity index (χ3n) is 3.48. The number of hydrogen-bond acceptors (Lipinski definition) is 5. The summed E-state index contributed by atoms with van der Waals surface area (Å²) >= 11 is 1.37. The Kier molecular flexibility index (Phi) is 5.22. The van der Waals surface area contributed by atoms with Crippen molar-refractivity contribution in [2.45, 2.75) is 6.18 Å². The lowest BCUT2D eigenvalue weighted by Gasteiger charge is -2.05. The molecule has 0 unspecified atom stereocenters. The fourth-order valence-corrected chi connectivity index (χ4v) is 2.83. The summed E-state index contributed by atoms with van der Waals surface area (Å²) in [5.41, 5.74) is 4.34. The molecule has 3 aromatic rings. The second-order valence-corrected chi connectivity index (χ2v) is 6.12. The van der Waals surface area contributed by atoms with Crippen LogP contribution in [0.1, 0.15) is 11.1 Å². The number of alkyl halides is 3. The van der Waals surface area contributed by atoms with Gasteiger partial charge in [0.05, 0.1) is 24.6 Å². The van der Waals surface area contributed by atoms with Crippen LogP contribution in [0.5, 0.6) is 5.75 Å². The van der Waals surface area contributed by atoms with Gasteiger partial charge in [-0.25, -0.2) is 4.98 Å². The third kappa shape index (κ3) is 4.40. The first-order valence-corrected chi connectivity index (χ1v) is 8.40. The zero-order valence-corrected chi connectivity index (χ0v) is 14.4. The van der Waals surface area contributed by atoms with Gasteiger partial charge in [0, 0.05) is 10.9 Å². The van der Waals surface area contributed by atoms with Crippen molar-refractivity contribution >= 4 is 22.7 Å². The fraction of sp³-hybridized carbons (Fsp3) is 0.111. The van der Waals surface area contributed by atoms with Crippen LogP contribution in [0.25, 0.3) is 11.3 Å². The van der Waals surface area contributed by atoms with Crippen LogP contribution in [0, 0.1) is 0 Å². The number of benzene rings is 2. The van der Waals surface area contributed by atoms with Crippen molar-refractivity contribution < 1.29 is 17.9 Å². The second-order valence-electron chi connectivity index (χ2n) is 5.26. The number of thiazole rings is 1. The molecule has 0 aliphatic rings. The molecule has 0 saturated heterocycles. The molecule has 1 aromatic heterocycles. The van der Waals surface area contributed by atoms with Crippen LogP contribution in [0.3, 0.4) is 0 Å². The normalized spacial score (nSPS) is 11.7. The third-order valence-corrected chi connectivity index (χ3v) is 4.23. The number of methoxy groups -OCH3 is 1. The second kappa shape index (κ2) is 7.57. The maximum absolute atomic E-state index is 12.5. The van der Waals surface area contributed by atoms with Crippen LogP contribution in [-0.2, 0) is 6.18 Å². The van der Waals surface area contributed by atoms with Crippen molar-refractivity contribution in [2.24, 2.45) is 5.10 Å². The number of ether oxygens (including phenoxy) is 1. The first kappa shape index (κ1) is 17.9. The van der Waals surface area contributed by atoms with E-state index < -0.39 is 11.7 Å². The van der Waals surface area contributed by atoms with E-state index in [2.05, 4.69) is 15.5 Å². The highest BCUT2D eigenvalue weighted by Gasteiger charge is 2.29. The van der Waals surface area contributed by atoms with Crippen molar-refractivity contribution in [1.29, 1.82) is 0 Å². The minimum atomic E-state index is -4.34. The smallest absolute Gasteiger partial charge is 0.416 e. The molecule has 1 N–H and O–H groups in total. The first-order valence-electron chi connectivity index (χ1n) is 7.52. The van der Waals surface area contributed by atoms with Crippen molar-refractivity contribution in [3.63, 3.8) is 0 Å². The SMILES string of the molecule is COc1cccc(-c2csc(N/N=C\c3ccc(C(F)(F)F)cc3)n2)c1. The van der Waals surface area contributed by atoms with Crippen molar-refractivity contribution in [1.82, 2.24) is 4.98 Å². The van der Waals surface area contributed by atoms with Gasteiger partial charge < -0.3 is 4.74 Å². The van der Waals surface area contributed by atoms with Crippen LogP contribution in [0.4, 0.5) is 18.3 Å². The summed E-state index contributed by atoms with van der Waals surface area (Å²) in [5, 5.41) is 6.47. The van der Waals surface area contributed by atoms with Gasteiger partial charge >= 0.3 is 6.18 Å². The van der Waals surface area contributed by atoms with Crippen LogP contribution in [0.15, 0.2) is 59.0 Å². The van der Waals surface area contributed by atoms with Gasteiger partial charge in [0.1, 0.15) is 5.75 Å². The van der Waals surface area contributed by atoms with Gasteiger partial charge in [-0.2, -0.15) is 18.3 Å². The van der Waals surface area contributed by atoms with E-state index in [0.29, 0.717) is 10.7 Å². The molecule has 26 heavy (non-hydrogen) atoms. The Morgan fingerprint density at radius 3 is 2.62 bits per heavy atom. The van der Waals surface area contributed by atoms with Gasteiger partial charge in [-0.05, 0) is 29.8 Å². The molecule has 0 aliphatic heterocycles. The Balaban J connectivity index is 1.65. The lowest BCUT2D eigenvalue weighted by Crippen LogP contribution is -2.04. The van der Waals surface area contributed by atoms with E-state index in [-0.39, 0.29) is 0 Å². The highest BCUT2D eigenvalue weighted by Crippen LogP contribution is 2.29. The molecule has 8 heteroatoms. The lowest BCUT2D eigenvalue weighted by molar-refractivity contribution is -0.137. The van der Waals surface area contributed by atoms with Gasteiger partial charge in [-0.3, -0.25) is 5.43 Å². The molecule has 0 atom stereocenters. The fourth-order valence-electron chi connectivity index (χ4n) is 2.16. The summed E-state index contributed by atoms with van der Waals surface area (Å²) in [6, 6.07) is 12.3. The topological polar surface area (TPSA) is 46.5 Å². The molecule has 1 heterocycles. The number of halogens is 3. The minimum absolute atomic E-state index is 0.551. The molecule has 0 saturated carbocycles. The average molecular weight is 377 g/mol. The van der Waals surface area contributed by atoms with Gasteiger partial charge in [0.15, 0.2) is 0 Å². The largest absolute Gasteiger partial charge is 0.497 e. The molecule has 3 rings (SSSR count). The zero-order chi connectivity index (χ0) is 18.6. The molecule has 0 fully saturated rings. The molecular weight excluding hydrogens is 363 g/mol. The summed E-state index contributed by atoms with van der Waals surface area (Å²) in [6.07, 6.45) is -2.90. The Bertz CT molecular complexity index is 905. The van der Waals surface area contributed by atoms with E-state index in [9.17, 15) is 13.2 Å². The van der Waals surface area contributed by atoms with Gasteiger partial charge in [0.25, 0.3) is 0 Å². The molecule has 0 bridgehead atoms. The van der Waals surface area contributed by atoms with E-state index in [1.54, 1.807) is 7.11 Å². The van der Waals surface area contributed by atoms with E-state index in [1.807, 2.05) is 29.6 Å². The Morgan fingerprint density at radius 2 is 1.92 bits per heavy atom. The maximum Gasteiger partial charge on any atom is 0.416 e. The lowest BCUT2D eigenvalue weighted by atomic mass is 10.1. The Morgan fingerprint density at radius 1 is 1.15 bits per heavy atom. The summed E-state index contributed by atoms with van der Waals surface area (Å²) in [6.45, 7) is 0. The predicted octanol–water partition coefficient (Wildman–Crippen LogP) is 5.28. The zero-order valence-electron chi connectivity index (χ0n) is 13.6. The van der Waals surface area contributed by atoms with Crippen molar-refractivity contribution in [3.8, 4) is 17.0 Å². The molecule has 0 aliphatic carbocycles.